The van der Waals surface area contributed by atoms with E-state index in [4.69, 9.17) is 49.3 Å². The highest BCUT2D eigenvalue weighted by atomic mass is 32.3. The zero-order valence-corrected chi connectivity index (χ0v) is 25.0. The van der Waals surface area contributed by atoms with E-state index in [1.807, 2.05) is 36.4 Å². The fourth-order valence-electron chi connectivity index (χ4n) is 2.87. The standard InChI is InChI=1S/2C13H20N4O.H2O4S/c2*1-10(2)11-6-4-5-7-12(11)18-9-8-16-17(3)13(14)15;1-5(2,3)4/h2*4-8,10H,9H2,1-3H3,(H3,14,15);(H2,1,2,3,4)/b2*16-8+;. The van der Waals surface area contributed by atoms with Gasteiger partial charge in [0, 0.05) is 14.1 Å². The molecular weight excluding hydrogens is 552 g/mol. The molecule has 0 aliphatic heterocycles. The van der Waals surface area contributed by atoms with Crippen molar-refractivity contribution in [2.75, 3.05) is 27.3 Å². The van der Waals surface area contributed by atoms with Gasteiger partial charge in [-0.2, -0.15) is 18.6 Å². The van der Waals surface area contributed by atoms with E-state index in [9.17, 15) is 0 Å². The first-order chi connectivity index (χ1) is 19.0. The van der Waals surface area contributed by atoms with E-state index in [2.05, 4.69) is 50.0 Å². The Balaban J connectivity index is 0.000000671. The predicted octanol–water partition coefficient (Wildman–Crippen LogP) is 3.35. The maximum absolute atomic E-state index is 8.74. The van der Waals surface area contributed by atoms with Gasteiger partial charge in [0.25, 0.3) is 0 Å². The molecule has 8 N–H and O–H groups in total. The molecule has 0 unspecified atom stereocenters. The quantitative estimate of drug-likeness (QED) is 0.102. The largest absolute Gasteiger partial charge is 0.488 e. The van der Waals surface area contributed by atoms with Crippen molar-refractivity contribution in [2.45, 2.75) is 39.5 Å². The Kier molecular flexibility index (Phi) is 17.0. The summed E-state index contributed by atoms with van der Waals surface area (Å²) >= 11 is 0. The summed E-state index contributed by atoms with van der Waals surface area (Å²) in [4.78, 5) is 0. The smallest absolute Gasteiger partial charge is 0.394 e. The van der Waals surface area contributed by atoms with Crippen molar-refractivity contribution in [3.05, 3.63) is 59.7 Å². The maximum Gasteiger partial charge on any atom is 0.394 e. The number of nitrogens with two attached hydrogens (primary N) is 2. The Hall–Kier alpha value is -4.21. The Morgan fingerprint density at radius 3 is 1.37 bits per heavy atom. The van der Waals surface area contributed by atoms with Crippen molar-refractivity contribution in [2.24, 2.45) is 21.7 Å². The molecule has 0 radical (unpaired) electrons. The van der Waals surface area contributed by atoms with Crippen LogP contribution in [-0.4, -0.2) is 79.2 Å². The highest BCUT2D eigenvalue weighted by molar-refractivity contribution is 7.79. The molecule has 0 spiro atoms. The molecule has 0 saturated carbocycles. The van der Waals surface area contributed by atoms with Crippen LogP contribution in [0.1, 0.15) is 50.7 Å². The average Bonchev–Trinajstić information content (AvgIpc) is 2.88. The summed E-state index contributed by atoms with van der Waals surface area (Å²) in [7, 11) is -1.44. The second-order valence-corrected chi connectivity index (χ2v) is 9.76. The summed E-state index contributed by atoms with van der Waals surface area (Å²) in [5.41, 5.74) is 12.8. The van der Waals surface area contributed by atoms with Crippen LogP contribution in [0.2, 0.25) is 0 Å². The molecule has 0 amide bonds. The molecule has 0 aliphatic rings. The van der Waals surface area contributed by atoms with Crippen molar-refractivity contribution in [1.82, 2.24) is 10.0 Å². The van der Waals surface area contributed by atoms with Gasteiger partial charge >= 0.3 is 10.4 Å². The Morgan fingerprint density at radius 2 is 1.10 bits per heavy atom. The number of guanidine groups is 2. The molecule has 41 heavy (non-hydrogen) atoms. The minimum Gasteiger partial charge on any atom is -0.488 e. The Bertz CT molecular complexity index is 1160. The lowest BCUT2D eigenvalue weighted by Crippen LogP contribution is -2.28. The van der Waals surface area contributed by atoms with Gasteiger partial charge in [-0.15, -0.1) is 0 Å². The van der Waals surface area contributed by atoms with Crippen LogP contribution in [0, 0.1) is 10.8 Å². The number of benzene rings is 2. The summed E-state index contributed by atoms with van der Waals surface area (Å²) in [6, 6.07) is 15.9. The molecule has 2 rings (SSSR count). The van der Waals surface area contributed by atoms with Gasteiger partial charge in [0.15, 0.2) is 0 Å². The van der Waals surface area contributed by atoms with Crippen LogP contribution >= 0.6 is 0 Å². The fraction of sp³-hybridized carbons (Fsp3) is 0.385. The van der Waals surface area contributed by atoms with Gasteiger partial charge in [-0.1, -0.05) is 64.1 Å². The number of rotatable bonds is 10. The fourth-order valence-corrected chi connectivity index (χ4v) is 2.87. The van der Waals surface area contributed by atoms with Gasteiger partial charge in [-0.05, 0) is 35.1 Å². The molecule has 0 saturated heterocycles. The lowest BCUT2D eigenvalue weighted by molar-refractivity contribution is 0.371. The molecule has 14 nitrogen and oxygen atoms in total. The molecule has 2 aromatic rings. The topological polar surface area (TPSA) is 224 Å². The summed E-state index contributed by atoms with van der Waals surface area (Å²) in [5.74, 6) is 2.35. The molecule has 0 aromatic heterocycles. The molecule has 0 aliphatic carbocycles. The van der Waals surface area contributed by atoms with Crippen LogP contribution in [0.15, 0.2) is 58.7 Å². The molecule has 15 heteroatoms. The lowest BCUT2D eigenvalue weighted by atomic mass is 10.0. The Labute approximate surface area is 242 Å². The monoisotopic (exact) mass is 594 g/mol. The van der Waals surface area contributed by atoms with Gasteiger partial charge < -0.3 is 20.9 Å². The molecule has 0 atom stereocenters. The number of nitrogens with one attached hydrogen (secondary N) is 2. The van der Waals surface area contributed by atoms with Gasteiger partial charge in [-0.3, -0.25) is 19.9 Å². The first-order valence-electron chi connectivity index (χ1n) is 12.4. The van der Waals surface area contributed by atoms with Gasteiger partial charge in [0.1, 0.15) is 24.7 Å². The third kappa shape index (κ3) is 17.9. The van der Waals surface area contributed by atoms with Gasteiger partial charge in [0.2, 0.25) is 11.9 Å². The van der Waals surface area contributed by atoms with Crippen molar-refractivity contribution in [1.29, 1.82) is 10.8 Å². The zero-order valence-electron chi connectivity index (χ0n) is 24.2. The van der Waals surface area contributed by atoms with Crippen LogP contribution in [0.5, 0.6) is 11.5 Å². The second-order valence-electron chi connectivity index (χ2n) is 8.87. The minimum atomic E-state index is -4.67. The Morgan fingerprint density at radius 1 is 0.805 bits per heavy atom. The van der Waals surface area contributed by atoms with Crippen molar-refractivity contribution in [3.63, 3.8) is 0 Å². The van der Waals surface area contributed by atoms with Crippen molar-refractivity contribution >= 4 is 34.7 Å². The number of hydrogen-bond acceptors (Lipinski definition) is 8. The average molecular weight is 595 g/mol. The van der Waals surface area contributed by atoms with Gasteiger partial charge in [0.05, 0.1) is 12.4 Å². The summed E-state index contributed by atoms with van der Waals surface area (Å²) in [6.07, 6.45) is 3.16. The van der Waals surface area contributed by atoms with Crippen LogP contribution in [0.3, 0.4) is 0 Å². The van der Waals surface area contributed by atoms with Crippen molar-refractivity contribution in [3.8, 4) is 11.5 Å². The van der Waals surface area contributed by atoms with E-state index in [0.29, 0.717) is 25.0 Å². The van der Waals surface area contributed by atoms with Crippen LogP contribution in [0.4, 0.5) is 0 Å². The number of para-hydroxylation sites is 2. The molecule has 2 aromatic carbocycles. The first kappa shape index (κ1) is 36.8. The normalized spacial score (nSPS) is 11.0. The predicted molar refractivity (Wildman–Crippen MR) is 163 cm³/mol. The number of nitrogens with zero attached hydrogens (tertiary/aromatic N) is 4. The molecule has 228 valence electrons. The third-order valence-corrected chi connectivity index (χ3v) is 4.92. The summed E-state index contributed by atoms with van der Waals surface area (Å²) in [5, 5.41) is 24.7. The van der Waals surface area contributed by atoms with E-state index < -0.39 is 10.4 Å². The highest BCUT2D eigenvalue weighted by Crippen LogP contribution is 2.26. The molecule has 0 bridgehead atoms. The first-order valence-corrected chi connectivity index (χ1v) is 13.8. The minimum absolute atomic E-state index is 0.103. The maximum atomic E-state index is 8.74. The number of ether oxygens (including phenoxy) is 2. The van der Waals surface area contributed by atoms with Crippen molar-refractivity contribution < 1.29 is 27.0 Å². The number of hydrogen-bond donors (Lipinski definition) is 6. The summed E-state index contributed by atoms with van der Waals surface area (Å²) in [6.45, 7) is 9.20. The van der Waals surface area contributed by atoms with Gasteiger partial charge in [-0.25, -0.2) is 10.0 Å². The highest BCUT2D eigenvalue weighted by Gasteiger charge is 2.07. The SMILES string of the molecule is CC(C)c1ccccc1OC/C=N/N(C)C(=N)N.CC(C)c1ccccc1OC/C=N/N(C)C(=N)N.O=S(=O)(O)O. The molecule has 0 heterocycles. The van der Waals surface area contributed by atoms with E-state index in [-0.39, 0.29) is 11.9 Å². The lowest BCUT2D eigenvalue weighted by Gasteiger charge is -2.13. The summed E-state index contributed by atoms with van der Waals surface area (Å²) < 4.78 is 42.9. The second kappa shape index (κ2) is 19.0. The van der Waals surface area contributed by atoms with Crippen LogP contribution in [-0.2, 0) is 10.4 Å². The molecular formula is C26H42N8O6S. The number of hydrazone groups is 2. The van der Waals surface area contributed by atoms with E-state index in [1.165, 1.54) is 21.1 Å². The zero-order chi connectivity index (χ0) is 31.6. The van der Waals surface area contributed by atoms with E-state index in [1.54, 1.807) is 26.5 Å². The van der Waals surface area contributed by atoms with E-state index in [0.717, 1.165) is 11.5 Å². The molecule has 0 fully saturated rings. The van der Waals surface area contributed by atoms with Crippen LogP contribution < -0.4 is 20.9 Å². The third-order valence-electron chi connectivity index (χ3n) is 4.92. The van der Waals surface area contributed by atoms with Crippen LogP contribution in [0.25, 0.3) is 0 Å². The van der Waals surface area contributed by atoms with E-state index >= 15 is 0 Å².